The van der Waals surface area contributed by atoms with Gasteiger partial charge in [0.25, 0.3) is 0 Å². The topological polar surface area (TPSA) is 78.9 Å². The standard InChI is InChI=1S/C11H20N2O4/c1-12-10(15)4-3-5-13-7-8(14)6-9(13)11(16)17-2/h8-9,14H,3-7H2,1-2H3,(H,12,15). The molecule has 1 heterocycles. The number of β-amino-alcohol motifs (C(OH)–C–C–N with tert-alkyl or cyclic N) is 1. The molecule has 98 valence electrons. The first-order valence-electron chi connectivity index (χ1n) is 5.79. The fraction of sp³-hybridized carbons (Fsp3) is 0.818. The highest BCUT2D eigenvalue weighted by atomic mass is 16.5. The number of aliphatic hydroxyl groups excluding tert-OH is 1. The lowest BCUT2D eigenvalue weighted by atomic mass is 10.2. The molecule has 0 aliphatic carbocycles. The Balaban J connectivity index is 2.39. The van der Waals surface area contributed by atoms with Crippen LogP contribution in [0, 0.1) is 0 Å². The van der Waals surface area contributed by atoms with Gasteiger partial charge in [-0.05, 0) is 13.0 Å². The van der Waals surface area contributed by atoms with Crippen molar-refractivity contribution in [2.24, 2.45) is 0 Å². The predicted molar refractivity (Wildman–Crippen MR) is 61.3 cm³/mol. The van der Waals surface area contributed by atoms with Crippen LogP contribution in [0.5, 0.6) is 0 Å². The monoisotopic (exact) mass is 244 g/mol. The quantitative estimate of drug-likeness (QED) is 0.614. The van der Waals surface area contributed by atoms with Crippen LogP contribution >= 0.6 is 0 Å². The molecule has 6 nitrogen and oxygen atoms in total. The van der Waals surface area contributed by atoms with Gasteiger partial charge in [0.2, 0.25) is 5.91 Å². The summed E-state index contributed by atoms with van der Waals surface area (Å²) in [4.78, 5) is 24.4. The average Bonchev–Trinajstić information content (AvgIpc) is 2.69. The zero-order chi connectivity index (χ0) is 12.8. The first kappa shape index (κ1) is 13.9. The Morgan fingerprint density at radius 2 is 2.24 bits per heavy atom. The van der Waals surface area contributed by atoms with Crippen LogP contribution in [0.2, 0.25) is 0 Å². The van der Waals surface area contributed by atoms with Crippen molar-refractivity contribution in [2.45, 2.75) is 31.4 Å². The number of rotatable bonds is 5. The SMILES string of the molecule is CNC(=O)CCCN1CC(O)CC1C(=O)OC. The van der Waals surface area contributed by atoms with Gasteiger partial charge >= 0.3 is 5.97 Å². The van der Waals surface area contributed by atoms with E-state index < -0.39 is 6.10 Å². The summed E-state index contributed by atoms with van der Waals surface area (Å²) in [5.41, 5.74) is 0. The fourth-order valence-electron chi connectivity index (χ4n) is 2.08. The number of hydrogen-bond donors (Lipinski definition) is 2. The van der Waals surface area contributed by atoms with Crippen molar-refractivity contribution in [1.29, 1.82) is 0 Å². The van der Waals surface area contributed by atoms with Crippen molar-refractivity contribution < 1.29 is 19.4 Å². The molecule has 1 aliphatic heterocycles. The highest BCUT2D eigenvalue weighted by Gasteiger charge is 2.36. The minimum Gasteiger partial charge on any atom is -0.468 e. The third-order valence-electron chi connectivity index (χ3n) is 2.98. The highest BCUT2D eigenvalue weighted by molar-refractivity contribution is 5.76. The van der Waals surface area contributed by atoms with Crippen molar-refractivity contribution in [2.75, 3.05) is 27.2 Å². The van der Waals surface area contributed by atoms with Crippen molar-refractivity contribution in [3.05, 3.63) is 0 Å². The lowest BCUT2D eigenvalue weighted by Gasteiger charge is -2.21. The van der Waals surface area contributed by atoms with Gasteiger partial charge in [-0.1, -0.05) is 0 Å². The molecule has 0 bridgehead atoms. The molecule has 2 N–H and O–H groups in total. The molecule has 2 atom stereocenters. The van der Waals surface area contributed by atoms with E-state index in [0.717, 1.165) is 0 Å². The molecule has 0 aromatic heterocycles. The van der Waals surface area contributed by atoms with Crippen LogP contribution in [0.15, 0.2) is 0 Å². The van der Waals surface area contributed by atoms with Gasteiger partial charge in [0.1, 0.15) is 6.04 Å². The van der Waals surface area contributed by atoms with E-state index in [1.54, 1.807) is 7.05 Å². The van der Waals surface area contributed by atoms with Gasteiger partial charge in [-0.2, -0.15) is 0 Å². The van der Waals surface area contributed by atoms with Crippen LogP contribution < -0.4 is 5.32 Å². The van der Waals surface area contributed by atoms with Crippen molar-refractivity contribution in [1.82, 2.24) is 10.2 Å². The van der Waals surface area contributed by atoms with Crippen molar-refractivity contribution in [3.63, 3.8) is 0 Å². The molecule has 1 amide bonds. The molecule has 1 saturated heterocycles. The van der Waals surface area contributed by atoms with Gasteiger partial charge in [-0.3, -0.25) is 14.5 Å². The van der Waals surface area contributed by atoms with Gasteiger partial charge in [-0.15, -0.1) is 0 Å². The lowest BCUT2D eigenvalue weighted by molar-refractivity contribution is -0.145. The summed E-state index contributed by atoms with van der Waals surface area (Å²) in [6.45, 7) is 1.08. The maximum Gasteiger partial charge on any atom is 0.323 e. The molecule has 0 aromatic rings. The second kappa shape index (κ2) is 6.56. The number of likely N-dealkylation sites (tertiary alicyclic amines) is 1. The smallest absolute Gasteiger partial charge is 0.323 e. The van der Waals surface area contributed by atoms with E-state index in [1.807, 2.05) is 4.90 Å². The number of esters is 1. The normalized spacial score (nSPS) is 24.6. The molecule has 1 rings (SSSR count). The Morgan fingerprint density at radius 1 is 1.53 bits per heavy atom. The molecule has 6 heteroatoms. The predicted octanol–water partition coefficient (Wildman–Crippen LogP) is -0.879. The summed E-state index contributed by atoms with van der Waals surface area (Å²) in [7, 11) is 2.94. The number of ether oxygens (including phenoxy) is 1. The maximum atomic E-state index is 11.5. The molecule has 0 aromatic carbocycles. The minimum atomic E-state index is -0.487. The van der Waals surface area contributed by atoms with Gasteiger partial charge < -0.3 is 15.2 Å². The highest BCUT2D eigenvalue weighted by Crippen LogP contribution is 2.19. The van der Waals surface area contributed by atoms with E-state index in [1.165, 1.54) is 7.11 Å². The lowest BCUT2D eigenvalue weighted by Crippen LogP contribution is -2.37. The third-order valence-corrected chi connectivity index (χ3v) is 2.98. The van der Waals surface area contributed by atoms with Crippen LogP contribution in [0.25, 0.3) is 0 Å². The van der Waals surface area contributed by atoms with E-state index >= 15 is 0 Å². The Bertz CT molecular complexity index is 283. The molecule has 0 saturated carbocycles. The van der Waals surface area contributed by atoms with E-state index in [2.05, 4.69) is 5.32 Å². The number of carbonyl (C=O) groups excluding carboxylic acids is 2. The summed E-state index contributed by atoms with van der Waals surface area (Å²) >= 11 is 0. The fourth-order valence-corrected chi connectivity index (χ4v) is 2.08. The molecule has 1 aliphatic rings. The zero-order valence-corrected chi connectivity index (χ0v) is 10.3. The summed E-state index contributed by atoms with van der Waals surface area (Å²) in [6.07, 6.45) is 1.02. The number of methoxy groups -OCH3 is 1. The molecule has 2 unspecified atom stereocenters. The Labute approximate surface area is 101 Å². The molecule has 17 heavy (non-hydrogen) atoms. The van der Waals surface area contributed by atoms with Crippen LogP contribution in [0.3, 0.4) is 0 Å². The minimum absolute atomic E-state index is 0.0145. The van der Waals surface area contributed by atoms with Crippen molar-refractivity contribution >= 4 is 11.9 Å². The third kappa shape index (κ3) is 3.98. The largest absolute Gasteiger partial charge is 0.468 e. The summed E-state index contributed by atoms with van der Waals surface area (Å²) in [5.74, 6) is -0.333. The number of nitrogens with zero attached hydrogens (tertiary/aromatic N) is 1. The van der Waals surface area contributed by atoms with Gasteiger partial charge in [0, 0.05) is 26.4 Å². The van der Waals surface area contributed by atoms with Crippen LogP contribution in [0.1, 0.15) is 19.3 Å². The molecular weight excluding hydrogens is 224 g/mol. The number of amides is 1. The van der Waals surface area contributed by atoms with Crippen LogP contribution in [-0.4, -0.2) is 61.3 Å². The number of hydrogen-bond acceptors (Lipinski definition) is 5. The zero-order valence-electron chi connectivity index (χ0n) is 10.3. The first-order valence-corrected chi connectivity index (χ1v) is 5.79. The van der Waals surface area contributed by atoms with Gasteiger partial charge in [-0.25, -0.2) is 0 Å². The first-order chi connectivity index (χ1) is 8.08. The van der Waals surface area contributed by atoms with E-state index in [-0.39, 0.29) is 17.9 Å². The summed E-state index contributed by atoms with van der Waals surface area (Å²) < 4.78 is 4.69. The van der Waals surface area contributed by atoms with Crippen molar-refractivity contribution in [3.8, 4) is 0 Å². The Kier molecular flexibility index (Phi) is 5.37. The number of aliphatic hydroxyl groups is 1. The second-order valence-corrected chi connectivity index (χ2v) is 4.20. The van der Waals surface area contributed by atoms with Crippen LogP contribution in [0.4, 0.5) is 0 Å². The molecular formula is C11H20N2O4. The van der Waals surface area contributed by atoms with Gasteiger partial charge in [0.05, 0.1) is 13.2 Å². The molecule has 0 radical (unpaired) electrons. The van der Waals surface area contributed by atoms with E-state index in [4.69, 9.17) is 4.74 Å². The van der Waals surface area contributed by atoms with Crippen LogP contribution in [-0.2, 0) is 14.3 Å². The Morgan fingerprint density at radius 3 is 2.82 bits per heavy atom. The Hall–Kier alpha value is -1.14. The maximum absolute atomic E-state index is 11.5. The van der Waals surface area contributed by atoms with E-state index in [9.17, 15) is 14.7 Å². The summed E-state index contributed by atoms with van der Waals surface area (Å²) in [6, 6.07) is -0.375. The average molecular weight is 244 g/mol. The summed E-state index contributed by atoms with van der Waals surface area (Å²) in [5, 5.41) is 12.1. The molecule has 1 fully saturated rings. The van der Waals surface area contributed by atoms with Gasteiger partial charge in [0.15, 0.2) is 0 Å². The number of carbonyl (C=O) groups is 2. The molecule has 0 spiro atoms. The number of nitrogens with one attached hydrogen (secondary N) is 1. The second-order valence-electron chi connectivity index (χ2n) is 4.20. The van der Waals surface area contributed by atoms with E-state index in [0.29, 0.717) is 32.4 Å².